The summed E-state index contributed by atoms with van der Waals surface area (Å²) in [7, 11) is 0. The van der Waals surface area contributed by atoms with Gasteiger partial charge in [0.1, 0.15) is 5.75 Å². The maximum Gasteiger partial charge on any atom is 0.120 e. The molecule has 0 amide bonds. The molecule has 0 saturated carbocycles. The molecule has 84 valence electrons. The van der Waals surface area contributed by atoms with Gasteiger partial charge in [-0.25, -0.2) is 0 Å². The Morgan fingerprint density at radius 1 is 1.40 bits per heavy atom. The van der Waals surface area contributed by atoms with Crippen molar-refractivity contribution in [1.29, 1.82) is 0 Å². The number of aliphatic hydroxyl groups is 1. The fourth-order valence-corrected chi connectivity index (χ4v) is 1.16. The van der Waals surface area contributed by atoms with E-state index >= 15 is 0 Å². The summed E-state index contributed by atoms with van der Waals surface area (Å²) >= 11 is 5.97. The van der Waals surface area contributed by atoms with Crippen LogP contribution in [0.4, 0.5) is 0 Å². The predicted molar refractivity (Wildman–Crippen MR) is 62.6 cm³/mol. The molecular formula is C12H17ClO2. The predicted octanol–water partition coefficient (Wildman–Crippen LogP) is 3.05. The minimum atomic E-state index is -0.225. The largest absolute Gasteiger partial charge is 0.493 e. The van der Waals surface area contributed by atoms with Gasteiger partial charge in [-0.15, -0.1) is 0 Å². The van der Waals surface area contributed by atoms with E-state index in [9.17, 15) is 0 Å². The molecule has 0 heterocycles. The molecule has 0 spiro atoms. The van der Waals surface area contributed by atoms with Crippen LogP contribution >= 0.6 is 11.6 Å². The zero-order valence-corrected chi connectivity index (χ0v) is 10.1. The molecule has 0 atom stereocenters. The van der Waals surface area contributed by atoms with Gasteiger partial charge in [-0.1, -0.05) is 31.5 Å². The fraction of sp³-hybridized carbons (Fsp3) is 0.500. The molecule has 15 heavy (non-hydrogen) atoms. The van der Waals surface area contributed by atoms with Crippen LogP contribution in [0.2, 0.25) is 5.02 Å². The lowest BCUT2D eigenvalue weighted by molar-refractivity contribution is 0.0975. The van der Waals surface area contributed by atoms with Gasteiger partial charge in [0.15, 0.2) is 0 Å². The highest BCUT2D eigenvalue weighted by Crippen LogP contribution is 2.23. The van der Waals surface area contributed by atoms with E-state index in [1.54, 1.807) is 6.07 Å². The first-order valence-corrected chi connectivity index (χ1v) is 5.32. The van der Waals surface area contributed by atoms with E-state index in [2.05, 4.69) is 0 Å². The molecule has 0 bridgehead atoms. The number of aliphatic hydroxyl groups excluding tert-OH is 1. The van der Waals surface area contributed by atoms with Crippen LogP contribution in [0.15, 0.2) is 18.2 Å². The van der Waals surface area contributed by atoms with Crippen molar-refractivity contribution in [3.63, 3.8) is 0 Å². The Labute approximate surface area is 95.8 Å². The van der Waals surface area contributed by atoms with Gasteiger partial charge in [-0.05, 0) is 24.6 Å². The van der Waals surface area contributed by atoms with Gasteiger partial charge in [0.05, 0.1) is 13.2 Å². The minimum absolute atomic E-state index is 0.104. The van der Waals surface area contributed by atoms with Crippen molar-refractivity contribution >= 4 is 11.6 Å². The van der Waals surface area contributed by atoms with Crippen LogP contribution in [0.5, 0.6) is 5.75 Å². The van der Waals surface area contributed by atoms with Crippen LogP contribution in [0, 0.1) is 12.3 Å². The first kappa shape index (κ1) is 12.3. The molecule has 0 aliphatic heterocycles. The Balaban J connectivity index is 2.62. The standard InChI is InChI=1S/C12H17ClO2/c1-9-4-5-10(6-11(9)13)15-8-12(2,3)7-14/h4-6,14H,7-8H2,1-3H3. The van der Waals surface area contributed by atoms with E-state index in [1.807, 2.05) is 32.9 Å². The molecule has 3 heteroatoms. The normalized spacial score (nSPS) is 11.5. The summed E-state index contributed by atoms with van der Waals surface area (Å²) in [6.45, 7) is 6.42. The first-order chi connectivity index (χ1) is 6.94. The molecule has 0 unspecified atom stereocenters. The molecule has 0 saturated heterocycles. The Bertz CT molecular complexity index is 334. The summed E-state index contributed by atoms with van der Waals surface area (Å²) in [6, 6.07) is 5.60. The average Bonchev–Trinajstić information content (AvgIpc) is 2.20. The minimum Gasteiger partial charge on any atom is -0.493 e. The monoisotopic (exact) mass is 228 g/mol. The van der Waals surface area contributed by atoms with Crippen molar-refractivity contribution in [1.82, 2.24) is 0 Å². The summed E-state index contributed by atoms with van der Waals surface area (Å²) in [5, 5.41) is 9.77. The smallest absolute Gasteiger partial charge is 0.120 e. The quantitative estimate of drug-likeness (QED) is 0.859. The molecular weight excluding hydrogens is 212 g/mol. The lowest BCUT2D eigenvalue weighted by atomic mass is 9.96. The summed E-state index contributed by atoms with van der Waals surface area (Å²) in [4.78, 5) is 0. The molecule has 1 rings (SSSR count). The highest BCUT2D eigenvalue weighted by Gasteiger charge is 2.17. The summed E-state index contributed by atoms with van der Waals surface area (Å²) in [5.41, 5.74) is 0.808. The second-order valence-electron chi connectivity index (χ2n) is 4.52. The fourth-order valence-electron chi connectivity index (χ4n) is 0.988. The van der Waals surface area contributed by atoms with Crippen LogP contribution in [0.1, 0.15) is 19.4 Å². The Hall–Kier alpha value is -0.730. The van der Waals surface area contributed by atoms with Crippen LogP contribution in [0.25, 0.3) is 0 Å². The van der Waals surface area contributed by atoms with Gasteiger partial charge in [-0.3, -0.25) is 0 Å². The number of rotatable bonds is 4. The van der Waals surface area contributed by atoms with E-state index in [4.69, 9.17) is 21.4 Å². The molecule has 0 fully saturated rings. The number of hydrogen-bond acceptors (Lipinski definition) is 2. The first-order valence-electron chi connectivity index (χ1n) is 4.94. The SMILES string of the molecule is Cc1ccc(OCC(C)(C)CO)cc1Cl. The lowest BCUT2D eigenvalue weighted by Crippen LogP contribution is -2.25. The molecule has 2 nitrogen and oxygen atoms in total. The number of benzene rings is 1. The third-order valence-electron chi connectivity index (χ3n) is 2.20. The average molecular weight is 229 g/mol. The second kappa shape index (κ2) is 4.86. The number of aryl methyl sites for hydroxylation is 1. The van der Waals surface area contributed by atoms with Crippen LogP contribution < -0.4 is 4.74 Å². The summed E-state index contributed by atoms with van der Waals surface area (Å²) in [5.74, 6) is 0.743. The topological polar surface area (TPSA) is 29.5 Å². The summed E-state index contributed by atoms with van der Waals surface area (Å²) < 4.78 is 5.55. The van der Waals surface area contributed by atoms with E-state index in [0.717, 1.165) is 11.3 Å². The van der Waals surface area contributed by atoms with Crippen molar-refractivity contribution in [2.24, 2.45) is 5.41 Å². The van der Waals surface area contributed by atoms with Crippen LogP contribution in [-0.4, -0.2) is 18.3 Å². The molecule has 0 aliphatic rings. The Kier molecular flexibility index (Phi) is 4.00. The molecule has 1 N–H and O–H groups in total. The molecule has 1 aromatic carbocycles. The van der Waals surface area contributed by atoms with Gasteiger partial charge in [0.25, 0.3) is 0 Å². The van der Waals surface area contributed by atoms with Crippen molar-refractivity contribution in [3.8, 4) is 5.75 Å². The maximum absolute atomic E-state index is 9.06. The van der Waals surface area contributed by atoms with E-state index in [1.165, 1.54) is 0 Å². The zero-order valence-electron chi connectivity index (χ0n) is 9.38. The summed E-state index contributed by atoms with van der Waals surface area (Å²) in [6.07, 6.45) is 0. The van der Waals surface area contributed by atoms with Crippen molar-refractivity contribution in [3.05, 3.63) is 28.8 Å². The van der Waals surface area contributed by atoms with Gasteiger partial charge in [0, 0.05) is 10.4 Å². The zero-order chi connectivity index (χ0) is 11.5. The van der Waals surface area contributed by atoms with Crippen LogP contribution in [-0.2, 0) is 0 Å². The number of halogens is 1. The Morgan fingerprint density at radius 2 is 2.07 bits per heavy atom. The number of hydrogen-bond donors (Lipinski definition) is 1. The van der Waals surface area contributed by atoms with Crippen molar-refractivity contribution < 1.29 is 9.84 Å². The second-order valence-corrected chi connectivity index (χ2v) is 4.93. The van der Waals surface area contributed by atoms with E-state index < -0.39 is 0 Å². The molecule has 1 aromatic rings. The van der Waals surface area contributed by atoms with Crippen molar-refractivity contribution in [2.75, 3.05) is 13.2 Å². The third-order valence-corrected chi connectivity index (χ3v) is 2.61. The van der Waals surface area contributed by atoms with Crippen LogP contribution in [0.3, 0.4) is 0 Å². The van der Waals surface area contributed by atoms with Gasteiger partial charge < -0.3 is 9.84 Å². The third kappa shape index (κ3) is 3.73. The highest BCUT2D eigenvalue weighted by molar-refractivity contribution is 6.31. The highest BCUT2D eigenvalue weighted by atomic mass is 35.5. The van der Waals surface area contributed by atoms with E-state index in [0.29, 0.717) is 11.6 Å². The molecule has 0 aliphatic carbocycles. The van der Waals surface area contributed by atoms with Gasteiger partial charge >= 0.3 is 0 Å². The van der Waals surface area contributed by atoms with Gasteiger partial charge in [-0.2, -0.15) is 0 Å². The molecule has 0 aromatic heterocycles. The van der Waals surface area contributed by atoms with E-state index in [-0.39, 0.29) is 12.0 Å². The van der Waals surface area contributed by atoms with Gasteiger partial charge in [0.2, 0.25) is 0 Å². The lowest BCUT2D eigenvalue weighted by Gasteiger charge is -2.21. The number of ether oxygens (including phenoxy) is 1. The Morgan fingerprint density at radius 3 is 2.60 bits per heavy atom. The van der Waals surface area contributed by atoms with Crippen molar-refractivity contribution in [2.45, 2.75) is 20.8 Å². The molecule has 0 radical (unpaired) electrons. The maximum atomic E-state index is 9.06.